The van der Waals surface area contributed by atoms with Gasteiger partial charge in [-0.2, -0.15) is 0 Å². The van der Waals surface area contributed by atoms with Crippen LogP contribution in [0.1, 0.15) is 13.8 Å². The fourth-order valence-corrected chi connectivity index (χ4v) is 1.69. The zero-order chi connectivity index (χ0) is 12.7. The fourth-order valence-electron chi connectivity index (χ4n) is 1.53. The average Bonchev–Trinajstić information content (AvgIpc) is 2.35. The van der Waals surface area contributed by atoms with Gasteiger partial charge in [0.2, 0.25) is 0 Å². The van der Waals surface area contributed by atoms with Crippen molar-refractivity contribution in [3.8, 4) is 5.75 Å². The van der Waals surface area contributed by atoms with Gasteiger partial charge in [0, 0.05) is 17.6 Å². The fraction of sp³-hybridized carbons (Fsp3) is 0.500. The van der Waals surface area contributed by atoms with Gasteiger partial charge in [-0.05, 0) is 25.2 Å². The molecule has 0 aliphatic carbocycles. The van der Waals surface area contributed by atoms with Crippen LogP contribution in [0.3, 0.4) is 0 Å². The summed E-state index contributed by atoms with van der Waals surface area (Å²) in [5, 5.41) is 9.51. The molecule has 0 amide bonds. The molecule has 0 saturated carbocycles. The molecular formula is C12H19ClN2O2. The van der Waals surface area contributed by atoms with Crippen molar-refractivity contribution in [2.75, 3.05) is 31.7 Å². The molecule has 0 spiro atoms. The first-order chi connectivity index (χ1) is 8.21. The maximum atomic E-state index is 8.93. The normalized spacial score (nSPS) is 10.6. The Kier molecular flexibility index (Phi) is 6.11. The third kappa shape index (κ3) is 4.42. The molecule has 0 aliphatic heterocycles. The SMILES string of the molecule is CCN(CC)CCOc1cc(Cl)ccc1NO. The molecule has 0 unspecified atom stereocenters. The van der Waals surface area contributed by atoms with Gasteiger partial charge in [-0.1, -0.05) is 25.4 Å². The van der Waals surface area contributed by atoms with Crippen LogP contribution < -0.4 is 10.2 Å². The smallest absolute Gasteiger partial charge is 0.146 e. The van der Waals surface area contributed by atoms with Gasteiger partial charge in [0.25, 0.3) is 0 Å². The van der Waals surface area contributed by atoms with Crippen molar-refractivity contribution in [1.29, 1.82) is 0 Å². The predicted molar refractivity (Wildman–Crippen MR) is 70.1 cm³/mol. The summed E-state index contributed by atoms with van der Waals surface area (Å²) in [4.78, 5) is 2.26. The summed E-state index contributed by atoms with van der Waals surface area (Å²) in [6.07, 6.45) is 0. The Hall–Kier alpha value is -0.970. The van der Waals surface area contributed by atoms with Gasteiger partial charge in [-0.15, -0.1) is 0 Å². The van der Waals surface area contributed by atoms with E-state index in [4.69, 9.17) is 21.5 Å². The highest BCUT2D eigenvalue weighted by Crippen LogP contribution is 2.27. The van der Waals surface area contributed by atoms with Crippen molar-refractivity contribution in [2.24, 2.45) is 0 Å². The van der Waals surface area contributed by atoms with E-state index in [-0.39, 0.29) is 0 Å². The topological polar surface area (TPSA) is 44.7 Å². The minimum absolute atomic E-state index is 0.522. The number of hydrogen-bond acceptors (Lipinski definition) is 4. The standard InChI is InChI=1S/C12H19ClN2O2/c1-3-15(4-2)7-8-17-12-9-10(13)5-6-11(12)14-16/h5-6,9,14,16H,3-4,7-8H2,1-2H3. The van der Waals surface area contributed by atoms with E-state index in [2.05, 4.69) is 24.2 Å². The molecule has 0 aromatic heterocycles. The minimum atomic E-state index is 0.522. The Bertz CT molecular complexity index is 343. The molecule has 96 valence electrons. The Morgan fingerprint density at radius 2 is 2.06 bits per heavy atom. The van der Waals surface area contributed by atoms with Gasteiger partial charge < -0.3 is 9.64 Å². The van der Waals surface area contributed by atoms with Crippen LogP contribution >= 0.6 is 11.6 Å². The first-order valence-corrected chi connectivity index (χ1v) is 6.13. The van der Waals surface area contributed by atoms with E-state index in [0.29, 0.717) is 23.1 Å². The number of ether oxygens (including phenoxy) is 1. The van der Waals surface area contributed by atoms with E-state index in [1.165, 1.54) is 0 Å². The van der Waals surface area contributed by atoms with Gasteiger partial charge in [0.1, 0.15) is 18.0 Å². The van der Waals surface area contributed by atoms with E-state index in [1.54, 1.807) is 18.2 Å². The summed E-state index contributed by atoms with van der Waals surface area (Å²) in [5.41, 5.74) is 2.61. The van der Waals surface area contributed by atoms with Crippen LogP contribution in [0.15, 0.2) is 18.2 Å². The highest BCUT2D eigenvalue weighted by molar-refractivity contribution is 6.30. The van der Waals surface area contributed by atoms with E-state index in [9.17, 15) is 0 Å². The van der Waals surface area contributed by atoms with Crippen molar-refractivity contribution in [3.05, 3.63) is 23.2 Å². The number of hydrogen-bond donors (Lipinski definition) is 2. The molecular weight excluding hydrogens is 240 g/mol. The number of likely N-dealkylation sites (N-methyl/N-ethyl adjacent to an activating group) is 1. The maximum absolute atomic E-state index is 8.93. The molecule has 5 heteroatoms. The maximum Gasteiger partial charge on any atom is 0.146 e. The van der Waals surface area contributed by atoms with E-state index in [0.717, 1.165) is 19.6 Å². The Labute approximate surface area is 107 Å². The Morgan fingerprint density at radius 1 is 1.35 bits per heavy atom. The quantitative estimate of drug-likeness (QED) is 0.739. The molecule has 0 bridgehead atoms. The lowest BCUT2D eigenvalue weighted by Crippen LogP contribution is -2.28. The lowest BCUT2D eigenvalue weighted by atomic mass is 10.3. The second kappa shape index (κ2) is 7.37. The summed E-state index contributed by atoms with van der Waals surface area (Å²) in [6.45, 7) is 7.65. The van der Waals surface area contributed by atoms with Crippen LogP contribution in [0.2, 0.25) is 5.02 Å². The van der Waals surface area contributed by atoms with Crippen molar-refractivity contribution in [3.63, 3.8) is 0 Å². The Balaban J connectivity index is 2.53. The lowest BCUT2D eigenvalue weighted by Gasteiger charge is -2.18. The average molecular weight is 259 g/mol. The second-order valence-electron chi connectivity index (χ2n) is 3.63. The van der Waals surface area contributed by atoms with Crippen molar-refractivity contribution in [2.45, 2.75) is 13.8 Å². The number of nitrogens with one attached hydrogen (secondary N) is 1. The first kappa shape index (κ1) is 14.1. The lowest BCUT2D eigenvalue weighted by molar-refractivity contribution is 0.222. The second-order valence-corrected chi connectivity index (χ2v) is 4.06. The number of halogens is 1. The molecule has 0 radical (unpaired) electrons. The number of rotatable bonds is 7. The molecule has 0 atom stereocenters. The summed E-state index contributed by atoms with van der Waals surface area (Å²) in [6, 6.07) is 5.05. The van der Waals surface area contributed by atoms with Gasteiger partial charge in [-0.25, -0.2) is 0 Å². The zero-order valence-electron chi connectivity index (χ0n) is 10.2. The number of nitrogens with zero attached hydrogens (tertiary/aromatic N) is 1. The van der Waals surface area contributed by atoms with Crippen LogP contribution in [-0.4, -0.2) is 36.3 Å². The van der Waals surface area contributed by atoms with Crippen LogP contribution in [0.25, 0.3) is 0 Å². The monoisotopic (exact) mass is 258 g/mol. The molecule has 4 nitrogen and oxygen atoms in total. The number of benzene rings is 1. The summed E-state index contributed by atoms with van der Waals surface area (Å²) in [7, 11) is 0. The largest absolute Gasteiger partial charge is 0.490 e. The molecule has 1 aromatic rings. The number of anilines is 1. The van der Waals surface area contributed by atoms with E-state index in [1.807, 2.05) is 0 Å². The summed E-state index contributed by atoms with van der Waals surface area (Å²) < 4.78 is 5.59. The summed E-state index contributed by atoms with van der Waals surface area (Å²) in [5.74, 6) is 0.562. The summed E-state index contributed by atoms with van der Waals surface area (Å²) >= 11 is 5.87. The van der Waals surface area contributed by atoms with Crippen LogP contribution in [0.4, 0.5) is 5.69 Å². The van der Waals surface area contributed by atoms with Gasteiger partial charge in [0.15, 0.2) is 0 Å². The minimum Gasteiger partial charge on any atom is -0.490 e. The molecule has 1 rings (SSSR count). The van der Waals surface area contributed by atoms with Crippen molar-refractivity contribution >= 4 is 17.3 Å². The third-order valence-electron chi connectivity index (χ3n) is 2.62. The van der Waals surface area contributed by atoms with Crippen LogP contribution in [0.5, 0.6) is 5.75 Å². The van der Waals surface area contributed by atoms with Gasteiger partial charge in [0.05, 0.1) is 0 Å². The molecule has 17 heavy (non-hydrogen) atoms. The highest BCUT2D eigenvalue weighted by atomic mass is 35.5. The predicted octanol–water partition coefficient (Wildman–Crippen LogP) is 2.86. The third-order valence-corrected chi connectivity index (χ3v) is 2.86. The molecule has 1 aromatic carbocycles. The van der Waals surface area contributed by atoms with E-state index >= 15 is 0 Å². The van der Waals surface area contributed by atoms with Gasteiger partial charge >= 0.3 is 0 Å². The molecule has 0 saturated heterocycles. The van der Waals surface area contributed by atoms with Crippen LogP contribution in [-0.2, 0) is 0 Å². The molecule has 0 heterocycles. The highest BCUT2D eigenvalue weighted by Gasteiger charge is 2.05. The molecule has 2 N–H and O–H groups in total. The van der Waals surface area contributed by atoms with Crippen LogP contribution in [0, 0.1) is 0 Å². The zero-order valence-corrected chi connectivity index (χ0v) is 11.0. The molecule has 0 aliphatic rings. The Morgan fingerprint density at radius 3 is 2.65 bits per heavy atom. The first-order valence-electron chi connectivity index (χ1n) is 5.76. The molecule has 0 fully saturated rings. The van der Waals surface area contributed by atoms with Crippen molar-refractivity contribution in [1.82, 2.24) is 4.90 Å². The van der Waals surface area contributed by atoms with E-state index < -0.39 is 0 Å². The van der Waals surface area contributed by atoms with Crippen molar-refractivity contribution < 1.29 is 9.94 Å². The van der Waals surface area contributed by atoms with Gasteiger partial charge in [-0.3, -0.25) is 10.7 Å².